The predicted octanol–water partition coefficient (Wildman–Crippen LogP) is 6.04. The monoisotopic (exact) mass is 581 g/mol. The number of carbonyl (C=O) groups excluding carboxylic acids is 1. The lowest BCUT2D eigenvalue weighted by molar-refractivity contribution is -0.141. The van der Waals surface area contributed by atoms with Crippen molar-refractivity contribution in [3.05, 3.63) is 86.5 Å². The van der Waals surface area contributed by atoms with Crippen LogP contribution in [0.2, 0.25) is 10.0 Å². The lowest BCUT2D eigenvalue weighted by atomic mass is 9.85. The van der Waals surface area contributed by atoms with Crippen LogP contribution in [0.5, 0.6) is 0 Å². The van der Waals surface area contributed by atoms with Gasteiger partial charge in [0.1, 0.15) is 5.82 Å². The van der Waals surface area contributed by atoms with Crippen LogP contribution in [-0.4, -0.2) is 31.1 Å². The quantitative estimate of drug-likeness (QED) is 0.291. The molecule has 1 aliphatic rings. The third kappa shape index (κ3) is 5.51. The van der Waals surface area contributed by atoms with Crippen LogP contribution in [0.3, 0.4) is 0 Å². The largest absolute Gasteiger partial charge is 0.434 e. The van der Waals surface area contributed by atoms with Gasteiger partial charge < -0.3 is 5.32 Å². The number of alkyl halides is 3. The highest BCUT2D eigenvalue weighted by Gasteiger charge is 2.38. The Morgan fingerprint density at radius 1 is 1.05 bits per heavy atom. The molecular formula is C26H21Cl2F4N5O2. The van der Waals surface area contributed by atoms with Gasteiger partial charge in [-0.05, 0) is 61.9 Å². The molecular weight excluding hydrogens is 561 g/mol. The lowest BCUT2D eigenvalue weighted by Crippen LogP contribution is -2.39. The second-order valence-corrected chi connectivity index (χ2v) is 10.3. The average Bonchev–Trinajstić information content (AvgIpc) is 3.16. The molecule has 4 aromatic rings. The van der Waals surface area contributed by atoms with Crippen molar-refractivity contribution in [1.82, 2.24) is 24.4 Å². The number of rotatable bonds is 5. The fourth-order valence-corrected chi connectivity index (χ4v) is 5.38. The number of benzene rings is 1. The molecule has 1 N–H and O–H groups in total. The molecule has 3 aromatic heterocycles. The van der Waals surface area contributed by atoms with Crippen molar-refractivity contribution in [3.63, 3.8) is 0 Å². The number of nitrogens with one attached hydrogen (secondary N) is 1. The van der Waals surface area contributed by atoms with Crippen molar-refractivity contribution in [3.8, 4) is 5.69 Å². The zero-order chi connectivity index (χ0) is 27.9. The topological polar surface area (TPSA) is 81.8 Å². The van der Waals surface area contributed by atoms with Gasteiger partial charge in [0, 0.05) is 25.0 Å². The van der Waals surface area contributed by atoms with Crippen molar-refractivity contribution in [2.75, 3.05) is 0 Å². The first-order valence-electron chi connectivity index (χ1n) is 12.1. The van der Waals surface area contributed by atoms with Crippen molar-refractivity contribution in [2.24, 2.45) is 5.92 Å². The number of aromatic nitrogens is 4. The first kappa shape index (κ1) is 27.1. The minimum Gasteiger partial charge on any atom is -0.349 e. The van der Waals surface area contributed by atoms with E-state index in [4.69, 9.17) is 23.2 Å². The molecule has 1 aliphatic carbocycles. The van der Waals surface area contributed by atoms with Crippen molar-refractivity contribution in [2.45, 2.75) is 44.4 Å². The normalized spacial score (nSPS) is 17.9. The van der Waals surface area contributed by atoms with Gasteiger partial charge in [0.2, 0.25) is 0 Å². The van der Waals surface area contributed by atoms with Gasteiger partial charge in [-0.15, -0.1) is 0 Å². The van der Waals surface area contributed by atoms with E-state index in [9.17, 15) is 27.2 Å². The molecule has 1 aromatic carbocycles. The Morgan fingerprint density at radius 2 is 1.79 bits per heavy atom. The molecule has 0 radical (unpaired) electrons. The Kier molecular flexibility index (Phi) is 7.39. The van der Waals surface area contributed by atoms with Crippen molar-refractivity contribution in [1.29, 1.82) is 0 Å². The van der Waals surface area contributed by atoms with Crippen LogP contribution in [0.15, 0.2) is 53.7 Å². The maximum Gasteiger partial charge on any atom is 0.434 e. The number of nitrogens with zero attached hydrogens (tertiary/aromatic N) is 4. The SMILES string of the molecule is O=C(NC1CCC(Cn2c(=O)n(-c3cc(F)ccc3Cl)c3ccncc32)CC1)c1cc(Cl)cnc1C(F)(F)F. The number of halogens is 6. The van der Waals surface area contributed by atoms with E-state index in [2.05, 4.69) is 15.3 Å². The summed E-state index contributed by atoms with van der Waals surface area (Å²) in [6, 6.07) is 6.05. The first-order chi connectivity index (χ1) is 18.5. The second-order valence-electron chi connectivity index (χ2n) is 9.43. The van der Waals surface area contributed by atoms with E-state index in [0.29, 0.717) is 43.3 Å². The number of hydrogen-bond donors (Lipinski definition) is 1. The van der Waals surface area contributed by atoms with Gasteiger partial charge >= 0.3 is 11.9 Å². The van der Waals surface area contributed by atoms with Crippen molar-refractivity contribution >= 4 is 40.1 Å². The van der Waals surface area contributed by atoms with Gasteiger partial charge in [-0.1, -0.05) is 23.2 Å². The van der Waals surface area contributed by atoms with E-state index in [-0.39, 0.29) is 27.7 Å². The Bertz CT molecular complexity index is 1610. The minimum absolute atomic E-state index is 0.0525. The molecule has 0 aliphatic heterocycles. The summed E-state index contributed by atoms with van der Waals surface area (Å²) in [4.78, 5) is 33.6. The highest BCUT2D eigenvalue weighted by atomic mass is 35.5. The maximum absolute atomic E-state index is 14.0. The number of imidazole rings is 1. The minimum atomic E-state index is -4.80. The molecule has 5 rings (SSSR count). The molecule has 0 bridgehead atoms. The summed E-state index contributed by atoms with van der Waals surface area (Å²) in [7, 11) is 0. The highest BCUT2D eigenvalue weighted by Crippen LogP contribution is 2.32. The van der Waals surface area contributed by atoms with Gasteiger partial charge in [0.05, 0.1) is 38.5 Å². The van der Waals surface area contributed by atoms with Crippen LogP contribution in [0.4, 0.5) is 17.6 Å². The molecule has 0 saturated heterocycles. The molecule has 39 heavy (non-hydrogen) atoms. The fraction of sp³-hybridized carbons (Fsp3) is 0.308. The fourth-order valence-electron chi connectivity index (χ4n) is 5.02. The molecule has 1 amide bonds. The second kappa shape index (κ2) is 10.6. The summed E-state index contributed by atoms with van der Waals surface area (Å²) in [5, 5.41) is 2.81. The van der Waals surface area contributed by atoms with Crippen LogP contribution in [0.1, 0.15) is 41.7 Å². The van der Waals surface area contributed by atoms with Gasteiger partial charge in [-0.3, -0.25) is 18.9 Å². The Labute approximate surface area is 229 Å². The summed E-state index contributed by atoms with van der Waals surface area (Å²) in [5.41, 5.74) is -1.00. The van der Waals surface area contributed by atoms with E-state index in [0.717, 1.165) is 12.3 Å². The number of hydrogen-bond acceptors (Lipinski definition) is 4. The van der Waals surface area contributed by atoms with E-state index in [1.165, 1.54) is 29.0 Å². The summed E-state index contributed by atoms with van der Waals surface area (Å²) in [6.45, 7) is 0.345. The molecule has 7 nitrogen and oxygen atoms in total. The average molecular weight is 582 g/mol. The number of pyridine rings is 2. The Morgan fingerprint density at radius 3 is 2.51 bits per heavy atom. The van der Waals surface area contributed by atoms with Gasteiger partial charge in [0.15, 0.2) is 5.69 Å². The van der Waals surface area contributed by atoms with Crippen LogP contribution >= 0.6 is 23.2 Å². The van der Waals surface area contributed by atoms with E-state index in [1.54, 1.807) is 16.8 Å². The van der Waals surface area contributed by atoms with Crippen LogP contribution < -0.4 is 11.0 Å². The number of carbonyl (C=O) groups is 1. The summed E-state index contributed by atoms with van der Waals surface area (Å²) in [5.74, 6) is -1.37. The highest BCUT2D eigenvalue weighted by molar-refractivity contribution is 6.32. The predicted molar refractivity (Wildman–Crippen MR) is 138 cm³/mol. The third-order valence-electron chi connectivity index (χ3n) is 6.87. The van der Waals surface area contributed by atoms with Gasteiger partial charge in [-0.2, -0.15) is 13.2 Å². The molecule has 13 heteroatoms. The van der Waals surface area contributed by atoms with E-state index >= 15 is 0 Å². The maximum atomic E-state index is 14.0. The van der Waals surface area contributed by atoms with Crippen LogP contribution in [0, 0.1) is 11.7 Å². The summed E-state index contributed by atoms with van der Waals surface area (Å²) in [6.07, 6.45) is 1.39. The Balaban J connectivity index is 1.32. The molecule has 0 atom stereocenters. The van der Waals surface area contributed by atoms with Crippen LogP contribution in [-0.2, 0) is 12.7 Å². The molecule has 3 heterocycles. The van der Waals surface area contributed by atoms with Gasteiger partial charge in [-0.25, -0.2) is 14.2 Å². The number of amides is 1. The third-order valence-corrected chi connectivity index (χ3v) is 7.40. The van der Waals surface area contributed by atoms with E-state index < -0.39 is 34.8 Å². The molecule has 204 valence electrons. The number of fused-ring (bicyclic) bond motifs is 1. The first-order valence-corrected chi connectivity index (χ1v) is 12.8. The smallest absolute Gasteiger partial charge is 0.349 e. The van der Waals surface area contributed by atoms with Gasteiger partial charge in [0.25, 0.3) is 5.91 Å². The standard InChI is InChI=1S/C26H21Cl2F4N5O2/c27-15-9-18(23(34-11-15)26(30,31)32)24(38)35-17-4-1-14(2-5-17)13-36-22-12-33-8-7-20(22)37(25(36)39)21-10-16(29)3-6-19(21)28/h3,6-12,14,17H,1-2,4-5,13H2,(H,35,38). The zero-order valence-electron chi connectivity index (χ0n) is 20.2. The molecule has 1 saturated carbocycles. The summed E-state index contributed by atoms with van der Waals surface area (Å²) < 4.78 is 56.9. The Hall–Kier alpha value is -3.44. The molecule has 0 spiro atoms. The molecule has 1 fully saturated rings. The zero-order valence-corrected chi connectivity index (χ0v) is 21.7. The van der Waals surface area contributed by atoms with Crippen molar-refractivity contribution < 1.29 is 22.4 Å². The van der Waals surface area contributed by atoms with E-state index in [1.807, 2.05) is 0 Å². The summed E-state index contributed by atoms with van der Waals surface area (Å²) >= 11 is 12.1. The lowest BCUT2D eigenvalue weighted by Gasteiger charge is -2.29. The van der Waals surface area contributed by atoms with Crippen LogP contribution in [0.25, 0.3) is 16.7 Å². The molecule has 0 unspecified atom stereocenters.